The van der Waals surface area contributed by atoms with Gasteiger partial charge in [0.05, 0.1) is 11.9 Å². The molecular weight excluding hydrogens is 326 g/mol. The molecule has 0 amide bonds. The summed E-state index contributed by atoms with van der Waals surface area (Å²) in [5, 5.41) is 8.75. The van der Waals surface area contributed by atoms with E-state index in [9.17, 15) is 0 Å². The molecular formula is C19H23N7. The molecule has 0 aliphatic rings. The van der Waals surface area contributed by atoms with Gasteiger partial charge in [0.25, 0.3) is 0 Å². The van der Waals surface area contributed by atoms with Crippen LogP contribution in [-0.4, -0.2) is 40.1 Å². The minimum Gasteiger partial charge on any atom is -0.378 e. The summed E-state index contributed by atoms with van der Waals surface area (Å²) in [4.78, 5) is 10.9. The zero-order valence-electron chi connectivity index (χ0n) is 15.7. The summed E-state index contributed by atoms with van der Waals surface area (Å²) in [5.74, 6) is 2.00. The summed E-state index contributed by atoms with van der Waals surface area (Å²) < 4.78 is 1.80. The lowest BCUT2D eigenvalue weighted by Crippen LogP contribution is -2.08. The number of hydrogen-bond donors (Lipinski definition) is 1. The second kappa shape index (κ2) is 7.35. The predicted molar refractivity (Wildman–Crippen MR) is 105 cm³/mol. The van der Waals surface area contributed by atoms with E-state index in [2.05, 4.69) is 42.6 Å². The number of hydrogen-bond acceptors (Lipinski definition) is 6. The van der Waals surface area contributed by atoms with Crippen molar-refractivity contribution in [1.29, 1.82) is 0 Å². The highest BCUT2D eigenvalue weighted by Crippen LogP contribution is 2.14. The second-order valence-corrected chi connectivity index (χ2v) is 6.35. The van der Waals surface area contributed by atoms with Crippen molar-refractivity contribution in [3.8, 4) is 5.82 Å². The summed E-state index contributed by atoms with van der Waals surface area (Å²) in [5.41, 5.74) is 7.11. The van der Waals surface area contributed by atoms with Gasteiger partial charge >= 0.3 is 0 Å². The van der Waals surface area contributed by atoms with Crippen molar-refractivity contribution in [3.63, 3.8) is 0 Å². The molecule has 3 rings (SSSR count). The lowest BCUT2D eigenvalue weighted by molar-refractivity contribution is 0.793. The van der Waals surface area contributed by atoms with Gasteiger partial charge in [0, 0.05) is 31.5 Å². The Balaban J connectivity index is 1.76. The van der Waals surface area contributed by atoms with Crippen molar-refractivity contribution in [2.45, 2.75) is 20.8 Å². The largest absolute Gasteiger partial charge is 0.378 e. The van der Waals surface area contributed by atoms with Crippen LogP contribution in [0, 0.1) is 20.8 Å². The highest BCUT2D eigenvalue weighted by Gasteiger charge is 2.08. The average molecular weight is 349 g/mol. The molecule has 1 N–H and O–H groups in total. The highest BCUT2D eigenvalue weighted by molar-refractivity contribution is 5.80. The van der Waals surface area contributed by atoms with E-state index in [4.69, 9.17) is 0 Å². The van der Waals surface area contributed by atoms with Crippen molar-refractivity contribution in [2.75, 3.05) is 24.4 Å². The van der Waals surface area contributed by atoms with Gasteiger partial charge in [-0.1, -0.05) is 12.1 Å². The smallest absolute Gasteiger partial charge is 0.159 e. The van der Waals surface area contributed by atoms with E-state index in [-0.39, 0.29) is 0 Å². The zero-order chi connectivity index (χ0) is 18.7. The molecule has 0 radical (unpaired) electrons. The number of aryl methyl sites for hydroxylation is 3. The van der Waals surface area contributed by atoms with Crippen molar-refractivity contribution in [1.82, 2.24) is 19.7 Å². The number of nitrogens with zero attached hydrogens (tertiary/aromatic N) is 6. The lowest BCUT2D eigenvalue weighted by Gasteiger charge is -2.11. The Morgan fingerprint density at radius 1 is 1.04 bits per heavy atom. The quantitative estimate of drug-likeness (QED) is 0.566. The van der Waals surface area contributed by atoms with E-state index < -0.39 is 0 Å². The Morgan fingerprint density at radius 3 is 2.38 bits per heavy atom. The average Bonchev–Trinajstić information content (AvgIpc) is 2.93. The van der Waals surface area contributed by atoms with E-state index in [0.29, 0.717) is 11.6 Å². The lowest BCUT2D eigenvalue weighted by atomic mass is 10.2. The molecule has 0 saturated heterocycles. The SMILES string of the molecule is Cc1cc(C)n(-c2cc(NN=Cc3ccc(N(C)C)cc3)nc(C)n2)n1. The van der Waals surface area contributed by atoms with Crippen LogP contribution in [-0.2, 0) is 0 Å². The Labute approximate surface area is 153 Å². The number of anilines is 2. The van der Waals surface area contributed by atoms with Crippen molar-refractivity contribution < 1.29 is 0 Å². The van der Waals surface area contributed by atoms with Crippen molar-refractivity contribution >= 4 is 17.7 Å². The Bertz CT molecular complexity index is 924. The molecule has 0 spiro atoms. The minimum atomic E-state index is 0.626. The molecule has 2 heterocycles. The van der Waals surface area contributed by atoms with Gasteiger partial charge in [-0.05, 0) is 44.5 Å². The Kier molecular flexibility index (Phi) is 4.97. The van der Waals surface area contributed by atoms with Gasteiger partial charge < -0.3 is 4.90 Å². The zero-order valence-corrected chi connectivity index (χ0v) is 15.7. The number of nitrogens with one attached hydrogen (secondary N) is 1. The van der Waals surface area contributed by atoms with E-state index in [1.54, 1.807) is 10.9 Å². The fraction of sp³-hybridized carbons (Fsp3) is 0.263. The molecule has 7 nitrogen and oxygen atoms in total. The molecule has 0 unspecified atom stereocenters. The summed E-state index contributed by atoms with van der Waals surface area (Å²) in [6, 6.07) is 12.0. The molecule has 0 aliphatic carbocycles. The van der Waals surface area contributed by atoms with Gasteiger partial charge in [-0.25, -0.2) is 14.6 Å². The molecule has 3 aromatic rings. The van der Waals surface area contributed by atoms with E-state index in [1.165, 1.54) is 0 Å². The maximum Gasteiger partial charge on any atom is 0.159 e. The van der Waals surface area contributed by atoms with Crippen LogP contribution in [0.1, 0.15) is 22.8 Å². The molecule has 0 fully saturated rings. The van der Waals surface area contributed by atoms with Crippen LogP contribution in [0.3, 0.4) is 0 Å². The van der Waals surface area contributed by atoms with Crippen LogP contribution in [0.4, 0.5) is 11.5 Å². The Morgan fingerprint density at radius 2 is 1.77 bits per heavy atom. The first-order valence-electron chi connectivity index (χ1n) is 8.38. The normalized spacial score (nSPS) is 11.1. The predicted octanol–water partition coefficient (Wildman–Crippen LogP) is 3.10. The number of aromatic nitrogens is 4. The third-order valence-corrected chi connectivity index (χ3v) is 3.85. The van der Waals surface area contributed by atoms with Gasteiger partial charge in [0.15, 0.2) is 11.6 Å². The molecule has 0 bridgehead atoms. The summed E-state index contributed by atoms with van der Waals surface area (Å²) in [6.45, 7) is 5.81. The molecule has 134 valence electrons. The summed E-state index contributed by atoms with van der Waals surface area (Å²) in [7, 11) is 4.03. The van der Waals surface area contributed by atoms with E-state index >= 15 is 0 Å². The van der Waals surface area contributed by atoms with Crippen LogP contribution >= 0.6 is 0 Å². The first-order chi connectivity index (χ1) is 12.4. The van der Waals surface area contributed by atoms with Crippen molar-refractivity contribution in [3.05, 3.63) is 59.2 Å². The first kappa shape index (κ1) is 17.6. The fourth-order valence-electron chi connectivity index (χ4n) is 2.61. The van der Waals surface area contributed by atoms with Crippen LogP contribution in [0.5, 0.6) is 0 Å². The first-order valence-corrected chi connectivity index (χ1v) is 8.38. The standard InChI is InChI=1S/C19H23N7/c1-13-10-14(2)26(24-13)19-11-18(21-15(3)22-19)23-20-12-16-6-8-17(9-7-16)25(4)5/h6-12H,1-5H3,(H,21,22,23). The van der Waals surface area contributed by atoms with Gasteiger partial charge in [-0.3, -0.25) is 5.43 Å². The minimum absolute atomic E-state index is 0.626. The van der Waals surface area contributed by atoms with Crippen LogP contribution < -0.4 is 10.3 Å². The van der Waals surface area contributed by atoms with Crippen molar-refractivity contribution in [2.24, 2.45) is 5.10 Å². The van der Waals surface area contributed by atoms with Crippen LogP contribution in [0.15, 0.2) is 41.5 Å². The fourth-order valence-corrected chi connectivity index (χ4v) is 2.61. The summed E-state index contributed by atoms with van der Waals surface area (Å²) in [6.07, 6.45) is 1.76. The number of rotatable bonds is 5. The highest BCUT2D eigenvalue weighted by atomic mass is 15.3. The van der Waals surface area contributed by atoms with Gasteiger partial charge in [-0.15, -0.1) is 0 Å². The number of hydrazone groups is 1. The number of benzene rings is 1. The second-order valence-electron chi connectivity index (χ2n) is 6.35. The topological polar surface area (TPSA) is 71.2 Å². The van der Waals surface area contributed by atoms with E-state index in [0.717, 1.165) is 28.5 Å². The van der Waals surface area contributed by atoms with Gasteiger partial charge in [0.1, 0.15) is 5.82 Å². The van der Waals surface area contributed by atoms with E-state index in [1.807, 2.05) is 59.1 Å². The van der Waals surface area contributed by atoms with Crippen LogP contribution in [0.25, 0.3) is 5.82 Å². The molecule has 0 aliphatic heterocycles. The molecule has 0 atom stereocenters. The molecule has 2 aromatic heterocycles. The third-order valence-electron chi connectivity index (χ3n) is 3.85. The third kappa shape index (κ3) is 4.05. The van der Waals surface area contributed by atoms with Gasteiger partial charge in [-0.2, -0.15) is 10.2 Å². The Hall–Kier alpha value is -3.22. The summed E-state index contributed by atoms with van der Waals surface area (Å²) >= 11 is 0. The van der Waals surface area contributed by atoms with Crippen LogP contribution in [0.2, 0.25) is 0 Å². The molecule has 26 heavy (non-hydrogen) atoms. The molecule has 7 heteroatoms. The van der Waals surface area contributed by atoms with Gasteiger partial charge in [0.2, 0.25) is 0 Å². The molecule has 1 aromatic carbocycles. The molecule has 0 saturated carbocycles. The maximum absolute atomic E-state index is 4.47. The maximum atomic E-state index is 4.47. The monoisotopic (exact) mass is 349 g/mol.